The van der Waals surface area contributed by atoms with Crippen molar-refractivity contribution in [1.82, 2.24) is 10.2 Å². The van der Waals surface area contributed by atoms with Crippen LogP contribution in [0.2, 0.25) is 0 Å². The molecule has 2 fully saturated rings. The Hall–Kier alpha value is -1.14. The largest absolute Gasteiger partial charge is 0.370 e. The van der Waals surface area contributed by atoms with Crippen LogP contribution >= 0.6 is 0 Å². The molecule has 2 amide bonds. The van der Waals surface area contributed by atoms with Crippen LogP contribution < -0.4 is 16.8 Å². The van der Waals surface area contributed by atoms with Gasteiger partial charge in [-0.1, -0.05) is 6.42 Å². The van der Waals surface area contributed by atoms with Gasteiger partial charge < -0.3 is 16.8 Å². The molecule has 6 nitrogen and oxygen atoms in total. The number of hydrogen-bond acceptors (Lipinski definition) is 4. The number of nitrogens with one attached hydrogen (secondary N) is 1. The molecule has 0 spiro atoms. The number of fused-ring (bicyclic) bond motifs is 1. The molecule has 0 saturated carbocycles. The van der Waals surface area contributed by atoms with Crippen molar-refractivity contribution in [3.8, 4) is 0 Å². The van der Waals surface area contributed by atoms with Crippen LogP contribution in [-0.4, -0.2) is 47.9 Å². The number of amides is 2. The standard InChI is InChI=1S/C12H22N4O2/c13-8(7-11(14)17)12(18)15-9-4-6-16-5-2-1-3-10(9)16/h8-10H,1-7,13H2,(H2,14,17)(H,15,18). The van der Waals surface area contributed by atoms with E-state index in [9.17, 15) is 9.59 Å². The van der Waals surface area contributed by atoms with Crippen LogP contribution in [0.1, 0.15) is 32.1 Å². The second-order valence-electron chi connectivity index (χ2n) is 5.28. The molecule has 6 heteroatoms. The summed E-state index contributed by atoms with van der Waals surface area (Å²) in [6.45, 7) is 2.17. The lowest BCUT2D eigenvalue weighted by atomic mass is 9.98. The molecule has 0 radical (unpaired) electrons. The number of nitrogens with two attached hydrogens (primary N) is 2. The topological polar surface area (TPSA) is 101 Å². The number of carbonyl (C=O) groups is 2. The molecule has 0 bridgehead atoms. The van der Waals surface area contributed by atoms with Gasteiger partial charge in [-0.25, -0.2) is 0 Å². The number of hydrogen-bond donors (Lipinski definition) is 3. The monoisotopic (exact) mass is 254 g/mol. The molecule has 18 heavy (non-hydrogen) atoms. The number of nitrogens with zero attached hydrogens (tertiary/aromatic N) is 1. The summed E-state index contributed by atoms with van der Waals surface area (Å²) < 4.78 is 0. The van der Waals surface area contributed by atoms with Gasteiger partial charge in [0.1, 0.15) is 0 Å². The molecule has 0 aliphatic carbocycles. The minimum atomic E-state index is -0.819. The van der Waals surface area contributed by atoms with Crippen molar-refractivity contribution in [3.05, 3.63) is 0 Å². The zero-order valence-corrected chi connectivity index (χ0v) is 10.6. The maximum atomic E-state index is 11.8. The SMILES string of the molecule is NC(=O)CC(N)C(=O)NC1CCN2CCCCC12. The van der Waals surface area contributed by atoms with Crippen molar-refractivity contribution in [2.75, 3.05) is 13.1 Å². The molecule has 102 valence electrons. The minimum Gasteiger partial charge on any atom is -0.370 e. The fourth-order valence-corrected chi connectivity index (χ4v) is 3.01. The van der Waals surface area contributed by atoms with Gasteiger partial charge in [0.25, 0.3) is 0 Å². The van der Waals surface area contributed by atoms with Gasteiger partial charge in [0.05, 0.1) is 12.5 Å². The highest BCUT2D eigenvalue weighted by atomic mass is 16.2. The van der Waals surface area contributed by atoms with Gasteiger partial charge in [0, 0.05) is 18.6 Å². The van der Waals surface area contributed by atoms with Crippen LogP contribution in [0.4, 0.5) is 0 Å². The highest BCUT2D eigenvalue weighted by Crippen LogP contribution is 2.27. The Morgan fingerprint density at radius 3 is 2.78 bits per heavy atom. The Bertz CT molecular complexity index is 334. The lowest BCUT2D eigenvalue weighted by Gasteiger charge is -2.32. The Balaban J connectivity index is 1.85. The van der Waals surface area contributed by atoms with Gasteiger partial charge in [0.15, 0.2) is 0 Å². The summed E-state index contributed by atoms with van der Waals surface area (Å²) in [5.74, 6) is -0.797. The predicted molar refractivity (Wildman–Crippen MR) is 67.5 cm³/mol. The van der Waals surface area contributed by atoms with E-state index in [4.69, 9.17) is 11.5 Å². The van der Waals surface area contributed by atoms with Crippen LogP contribution in [-0.2, 0) is 9.59 Å². The van der Waals surface area contributed by atoms with Crippen LogP contribution in [0, 0.1) is 0 Å². The quantitative estimate of drug-likeness (QED) is 0.594. The third kappa shape index (κ3) is 3.00. The molecule has 0 aromatic rings. The van der Waals surface area contributed by atoms with E-state index in [1.54, 1.807) is 0 Å². The van der Waals surface area contributed by atoms with Crippen LogP contribution in [0.3, 0.4) is 0 Å². The minimum absolute atomic E-state index is 0.0903. The molecule has 2 aliphatic rings. The Labute approximate surface area is 107 Å². The lowest BCUT2D eigenvalue weighted by molar-refractivity contribution is -0.127. The number of carbonyl (C=O) groups excluding carboxylic acids is 2. The van der Waals surface area contributed by atoms with Crippen molar-refractivity contribution in [2.45, 2.75) is 50.2 Å². The third-order valence-corrected chi connectivity index (χ3v) is 3.94. The van der Waals surface area contributed by atoms with Gasteiger partial charge >= 0.3 is 0 Å². The Morgan fingerprint density at radius 2 is 2.06 bits per heavy atom. The molecule has 2 aliphatic heterocycles. The van der Waals surface area contributed by atoms with Crippen molar-refractivity contribution in [2.24, 2.45) is 11.5 Å². The fourth-order valence-electron chi connectivity index (χ4n) is 3.01. The first kappa shape index (κ1) is 13.3. The second-order valence-corrected chi connectivity index (χ2v) is 5.28. The van der Waals surface area contributed by atoms with Gasteiger partial charge in [-0.05, 0) is 25.8 Å². The van der Waals surface area contributed by atoms with Crippen LogP contribution in [0.5, 0.6) is 0 Å². The molecule has 3 unspecified atom stereocenters. The average molecular weight is 254 g/mol. The van der Waals surface area contributed by atoms with Gasteiger partial charge in [0.2, 0.25) is 11.8 Å². The van der Waals surface area contributed by atoms with Crippen molar-refractivity contribution in [1.29, 1.82) is 0 Å². The summed E-state index contributed by atoms with van der Waals surface area (Å²) in [5, 5.41) is 2.97. The van der Waals surface area contributed by atoms with E-state index >= 15 is 0 Å². The maximum Gasteiger partial charge on any atom is 0.237 e. The van der Waals surface area contributed by atoms with E-state index in [0.717, 1.165) is 25.9 Å². The van der Waals surface area contributed by atoms with Gasteiger partial charge in [-0.15, -0.1) is 0 Å². The van der Waals surface area contributed by atoms with Gasteiger partial charge in [-0.3, -0.25) is 14.5 Å². The summed E-state index contributed by atoms with van der Waals surface area (Å²) in [5.41, 5.74) is 10.7. The van der Waals surface area contributed by atoms with Crippen LogP contribution in [0.15, 0.2) is 0 Å². The van der Waals surface area contributed by atoms with Crippen molar-refractivity contribution >= 4 is 11.8 Å². The third-order valence-electron chi connectivity index (χ3n) is 3.94. The zero-order chi connectivity index (χ0) is 13.1. The summed E-state index contributed by atoms with van der Waals surface area (Å²) >= 11 is 0. The first-order valence-corrected chi connectivity index (χ1v) is 6.66. The molecular weight excluding hydrogens is 232 g/mol. The first-order chi connectivity index (χ1) is 8.58. The van der Waals surface area contributed by atoms with Crippen molar-refractivity contribution < 1.29 is 9.59 Å². The number of rotatable bonds is 4. The van der Waals surface area contributed by atoms with E-state index in [1.165, 1.54) is 12.8 Å². The Morgan fingerprint density at radius 1 is 1.28 bits per heavy atom. The molecule has 3 atom stereocenters. The predicted octanol–water partition coefficient (Wildman–Crippen LogP) is -1.07. The van der Waals surface area contributed by atoms with E-state index in [1.807, 2.05) is 0 Å². The molecule has 2 saturated heterocycles. The summed E-state index contributed by atoms with van der Waals surface area (Å²) in [6, 6.07) is -0.194. The molecule has 2 rings (SSSR count). The highest BCUT2D eigenvalue weighted by molar-refractivity contribution is 5.87. The highest BCUT2D eigenvalue weighted by Gasteiger charge is 2.36. The molecule has 0 aromatic carbocycles. The summed E-state index contributed by atoms with van der Waals surface area (Å²) in [7, 11) is 0. The number of primary amides is 1. The summed E-state index contributed by atoms with van der Waals surface area (Å²) in [6.07, 6.45) is 4.49. The van der Waals surface area contributed by atoms with Gasteiger partial charge in [-0.2, -0.15) is 0 Å². The molecular formula is C12H22N4O2. The van der Waals surface area contributed by atoms with E-state index in [2.05, 4.69) is 10.2 Å². The molecule has 5 N–H and O–H groups in total. The fraction of sp³-hybridized carbons (Fsp3) is 0.833. The molecule has 2 heterocycles. The molecule has 0 aromatic heterocycles. The summed E-state index contributed by atoms with van der Waals surface area (Å²) in [4.78, 5) is 25.0. The van der Waals surface area contributed by atoms with Crippen molar-refractivity contribution in [3.63, 3.8) is 0 Å². The lowest BCUT2D eigenvalue weighted by Crippen LogP contribution is -2.51. The van der Waals surface area contributed by atoms with Crippen LogP contribution in [0.25, 0.3) is 0 Å². The van der Waals surface area contributed by atoms with E-state index in [0.29, 0.717) is 6.04 Å². The zero-order valence-electron chi connectivity index (χ0n) is 10.6. The number of piperidine rings is 1. The van der Waals surface area contributed by atoms with E-state index in [-0.39, 0.29) is 18.4 Å². The maximum absolute atomic E-state index is 11.8. The second kappa shape index (κ2) is 5.67. The Kier molecular flexibility index (Phi) is 4.19. The normalized spacial score (nSPS) is 29.6. The average Bonchev–Trinajstić information content (AvgIpc) is 2.72. The first-order valence-electron chi connectivity index (χ1n) is 6.66. The smallest absolute Gasteiger partial charge is 0.237 e. The van der Waals surface area contributed by atoms with E-state index < -0.39 is 11.9 Å².